The van der Waals surface area contributed by atoms with Crippen molar-refractivity contribution in [3.63, 3.8) is 0 Å². The molecule has 0 atom stereocenters. The second kappa shape index (κ2) is 7.22. The van der Waals surface area contributed by atoms with Crippen molar-refractivity contribution < 1.29 is 4.79 Å². The molecule has 0 aliphatic carbocycles. The Balaban J connectivity index is 2.16. The SMILES string of the molecule is O=Cc1ncn(C(c2ccccc2)(c2ccccc2)c2ccccc2)c1Cl. The number of carbonyl (C=O) groups excluding carboxylic acids is 1. The van der Waals surface area contributed by atoms with Crippen molar-refractivity contribution >= 4 is 17.9 Å². The lowest BCUT2D eigenvalue weighted by atomic mass is 9.77. The first-order valence-electron chi connectivity index (χ1n) is 8.63. The first-order valence-corrected chi connectivity index (χ1v) is 9.01. The number of aromatic nitrogens is 2. The van der Waals surface area contributed by atoms with E-state index in [1.807, 2.05) is 59.2 Å². The normalized spacial score (nSPS) is 11.3. The second-order valence-electron chi connectivity index (χ2n) is 6.22. The summed E-state index contributed by atoms with van der Waals surface area (Å²) >= 11 is 6.63. The molecule has 4 aromatic rings. The summed E-state index contributed by atoms with van der Waals surface area (Å²) in [6.07, 6.45) is 2.32. The Kier molecular flexibility index (Phi) is 4.61. The van der Waals surface area contributed by atoms with E-state index in [4.69, 9.17) is 11.6 Å². The lowest BCUT2D eigenvalue weighted by Crippen LogP contribution is -2.37. The van der Waals surface area contributed by atoms with Crippen LogP contribution in [-0.2, 0) is 5.54 Å². The Labute approximate surface area is 162 Å². The zero-order valence-corrected chi connectivity index (χ0v) is 15.3. The Bertz CT molecular complexity index is 947. The summed E-state index contributed by atoms with van der Waals surface area (Å²) in [7, 11) is 0. The lowest BCUT2D eigenvalue weighted by molar-refractivity contribution is 0.111. The molecule has 0 saturated carbocycles. The van der Waals surface area contributed by atoms with Crippen molar-refractivity contribution in [1.29, 1.82) is 0 Å². The summed E-state index contributed by atoms with van der Waals surface area (Å²) in [5, 5.41) is 0.307. The molecule has 1 aromatic heterocycles. The van der Waals surface area contributed by atoms with Crippen molar-refractivity contribution in [2.75, 3.05) is 0 Å². The average molecular weight is 373 g/mol. The lowest BCUT2D eigenvalue weighted by Gasteiger charge is -2.37. The molecule has 27 heavy (non-hydrogen) atoms. The predicted octanol–water partition coefficient (Wildman–Crippen LogP) is 5.19. The molecule has 3 aromatic carbocycles. The summed E-state index contributed by atoms with van der Waals surface area (Å²) in [6.45, 7) is 0. The Morgan fingerprint density at radius 2 is 1.15 bits per heavy atom. The van der Waals surface area contributed by atoms with E-state index in [0.29, 0.717) is 11.4 Å². The summed E-state index contributed by atoms with van der Waals surface area (Å²) in [5.74, 6) is 0. The van der Waals surface area contributed by atoms with Gasteiger partial charge < -0.3 is 4.57 Å². The van der Waals surface area contributed by atoms with Crippen LogP contribution in [0, 0.1) is 0 Å². The van der Waals surface area contributed by atoms with Gasteiger partial charge in [-0.25, -0.2) is 4.98 Å². The van der Waals surface area contributed by atoms with Gasteiger partial charge in [-0.1, -0.05) is 103 Å². The third-order valence-corrected chi connectivity index (χ3v) is 5.16. The van der Waals surface area contributed by atoms with Crippen molar-refractivity contribution in [3.05, 3.63) is 125 Å². The van der Waals surface area contributed by atoms with Crippen LogP contribution >= 0.6 is 11.6 Å². The number of hydrogen-bond donors (Lipinski definition) is 0. The largest absolute Gasteiger partial charge is 0.302 e. The first-order chi connectivity index (χ1) is 13.3. The molecular formula is C23H17ClN2O. The van der Waals surface area contributed by atoms with Gasteiger partial charge in [0.05, 0.1) is 6.33 Å². The number of carbonyl (C=O) groups is 1. The molecule has 0 amide bonds. The quantitative estimate of drug-likeness (QED) is 0.357. The number of benzene rings is 3. The van der Waals surface area contributed by atoms with Crippen LogP contribution in [0.1, 0.15) is 27.2 Å². The highest BCUT2D eigenvalue weighted by atomic mass is 35.5. The molecule has 3 nitrogen and oxygen atoms in total. The zero-order valence-electron chi connectivity index (χ0n) is 14.5. The minimum Gasteiger partial charge on any atom is -0.302 e. The molecule has 4 rings (SSSR count). The molecule has 0 bridgehead atoms. The topological polar surface area (TPSA) is 34.9 Å². The molecule has 0 N–H and O–H groups in total. The molecule has 132 valence electrons. The van der Waals surface area contributed by atoms with E-state index in [1.165, 1.54) is 0 Å². The average Bonchev–Trinajstić information content (AvgIpc) is 3.12. The minimum absolute atomic E-state index is 0.226. The third-order valence-electron chi connectivity index (χ3n) is 4.78. The van der Waals surface area contributed by atoms with Crippen LogP contribution in [0.25, 0.3) is 0 Å². The zero-order chi connectivity index (χ0) is 18.7. The van der Waals surface area contributed by atoms with Gasteiger partial charge in [0, 0.05) is 0 Å². The summed E-state index contributed by atoms with van der Waals surface area (Å²) in [4.78, 5) is 15.7. The third kappa shape index (κ3) is 2.77. The summed E-state index contributed by atoms with van der Waals surface area (Å²) in [6, 6.07) is 30.4. The van der Waals surface area contributed by atoms with Crippen molar-refractivity contribution in [2.24, 2.45) is 0 Å². The number of rotatable bonds is 5. The van der Waals surface area contributed by atoms with E-state index >= 15 is 0 Å². The maximum atomic E-state index is 11.4. The fraction of sp³-hybridized carbons (Fsp3) is 0.0435. The highest BCUT2D eigenvalue weighted by Crippen LogP contribution is 2.42. The first kappa shape index (κ1) is 17.3. The predicted molar refractivity (Wildman–Crippen MR) is 107 cm³/mol. The van der Waals surface area contributed by atoms with Gasteiger partial charge >= 0.3 is 0 Å². The van der Waals surface area contributed by atoms with Crippen LogP contribution in [0.2, 0.25) is 5.15 Å². The Morgan fingerprint density at radius 3 is 1.48 bits per heavy atom. The number of hydrogen-bond acceptors (Lipinski definition) is 2. The van der Waals surface area contributed by atoms with E-state index < -0.39 is 5.54 Å². The second-order valence-corrected chi connectivity index (χ2v) is 6.57. The van der Waals surface area contributed by atoms with Crippen LogP contribution in [0.4, 0.5) is 0 Å². The highest BCUT2D eigenvalue weighted by Gasteiger charge is 2.40. The molecule has 0 spiro atoms. The molecule has 1 heterocycles. The van der Waals surface area contributed by atoms with Crippen LogP contribution in [0.5, 0.6) is 0 Å². The maximum absolute atomic E-state index is 11.4. The molecular weight excluding hydrogens is 356 g/mol. The van der Waals surface area contributed by atoms with Crippen molar-refractivity contribution in [3.8, 4) is 0 Å². The van der Waals surface area contributed by atoms with E-state index in [2.05, 4.69) is 41.4 Å². The number of nitrogens with zero attached hydrogens (tertiary/aromatic N) is 2. The molecule has 0 aliphatic rings. The fourth-order valence-corrected chi connectivity index (χ4v) is 3.88. The van der Waals surface area contributed by atoms with E-state index in [-0.39, 0.29) is 5.69 Å². The van der Waals surface area contributed by atoms with Gasteiger partial charge in [-0.15, -0.1) is 0 Å². The van der Waals surface area contributed by atoms with Gasteiger partial charge in [0.1, 0.15) is 16.4 Å². The number of imidazole rings is 1. The van der Waals surface area contributed by atoms with E-state index in [1.54, 1.807) is 6.33 Å². The Morgan fingerprint density at radius 1 is 0.741 bits per heavy atom. The van der Waals surface area contributed by atoms with Gasteiger partial charge in [-0.3, -0.25) is 4.79 Å². The molecule has 0 radical (unpaired) electrons. The molecule has 0 aliphatic heterocycles. The fourth-order valence-electron chi connectivity index (χ4n) is 3.62. The Hall–Kier alpha value is -3.17. The monoisotopic (exact) mass is 372 g/mol. The number of aldehydes is 1. The van der Waals surface area contributed by atoms with Gasteiger partial charge in [0.25, 0.3) is 0 Å². The summed E-state index contributed by atoms with van der Waals surface area (Å²) in [5.41, 5.74) is 2.55. The molecule has 0 saturated heterocycles. The summed E-state index contributed by atoms with van der Waals surface area (Å²) < 4.78 is 1.87. The van der Waals surface area contributed by atoms with Gasteiger partial charge in [-0.2, -0.15) is 0 Å². The standard InChI is InChI=1S/C23H17ClN2O/c24-22-21(16-27)25-17-26(22)23(18-10-4-1-5-11-18,19-12-6-2-7-13-19)20-14-8-3-9-15-20/h1-17H. The van der Waals surface area contributed by atoms with Gasteiger partial charge in [-0.05, 0) is 16.7 Å². The molecule has 0 unspecified atom stereocenters. The van der Waals surface area contributed by atoms with E-state index in [9.17, 15) is 4.79 Å². The van der Waals surface area contributed by atoms with Gasteiger partial charge in [0.2, 0.25) is 0 Å². The maximum Gasteiger partial charge on any atom is 0.171 e. The van der Waals surface area contributed by atoms with Crippen LogP contribution < -0.4 is 0 Å². The van der Waals surface area contributed by atoms with Crippen molar-refractivity contribution in [1.82, 2.24) is 9.55 Å². The van der Waals surface area contributed by atoms with Gasteiger partial charge in [0.15, 0.2) is 6.29 Å². The number of halogens is 1. The highest BCUT2D eigenvalue weighted by molar-refractivity contribution is 6.31. The molecule has 0 fully saturated rings. The minimum atomic E-state index is -0.755. The van der Waals surface area contributed by atoms with Crippen LogP contribution in [0.3, 0.4) is 0 Å². The van der Waals surface area contributed by atoms with Crippen molar-refractivity contribution in [2.45, 2.75) is 5.54 Å². The van der Waals surface area contributed by atoms with E-state index in [0.717, 1.165) is 16.7 Å². The molecule has 4 heteroatoms. The smallest absolute Gasteiger partial charge is 0.171 e. The van der Waals surface area contributed by atoms with Crippen LogP contribution in [0.15, 0.2) is 97.3 Å². The van der Waals surface area contributed by atoms with Crippen LogP contribution in [-0.4, -0.2) is 15.8 Å².